The van der Waals surface area contributed by atoms with Crippen LogP contribution >= 0.6 is 0 Å². The number of alkyl halides is 3. The Bertz CT molecular complexity index is 381. The van der Waals surface area contributed by atoms with E-state index in [4.69, 9.17) is 0 Å². The van der Waals surface area contributed by atoms with Crippen molar-refractivity contribution in [2.75, 3.05) is 0 Å². The molecule has 0 bridgehead atoms. The molecule has 0 spiro atoms. The van der Waals surface area contributed by atoms with Crippen LogP contribution in [0, 0.1) is 5.95 Å². The highest BCUT2D eigenvalue weighted by Gasteiger charge is 2.40. The summed E-state index contributed by atoms with van der Waals surface area (Å²) in [6.07, 6.45) is -4.90. The number of amides is 1. The zero-order chi connectivity index (χ0) is 11.1. The van der Waals surface area contributed by atoms with Crippen LogP contribution in [0.4, 0.5) is 17.6 Å². The lowest BCUT2D eigenvalue weighted by atomic mass is 10.2. The Kier molecular flexibility index (Phi) is 2.22. The summed E-state index contributed by atoms with van der Waals surface area (Å²) in [6.45, 7) is 0. The molecular weight excluding hydrogens is 206 g/mol. The maximum Gasteiger partial charge on any atom is 0.436 e. The number of aromatic nitrogens is 2. The van der Waals surface area contributed by atoms with E-state index < -0.39 is 29.3 Å². The fourth-order valence-electron chi connectivity index (χ4n) is 0.920. The van der Waals surface area contributed by atoms with Crippen LogP contribution in [-0.2, 0) is 13.2 Å². The number of rotatable bonds is 1. The number of primary amides is 1. The van der Waals surface area contributed by atoms with Crippen molar-refractivity contribution in [1.82, 2.24) is 9.78 Å². The van der Waals surface area contributed by atoms with Crippen LogP contribution in [0.1, 0.15) is 16.1 Å². The smallest absolute Gasteiger partial charge is 0.365 e. The third kappa shape index (κ3) is 1.54. The lowest BCUT2D eigenvalue weighted by molar-refractivity contribution is -0.141. The van der Waals surface area contributed by atoms with Gasteiger partial charge in [-0.1, -0.05) is 0 Å². The molecule has 2 N–H and O–H groups in total. The van der Waals surface area contributed by atoms with Crippen LogP contribution in [-0.4, -0.2) is 15.7 Å². The number of hydrogen-bond acceptors (Lipinski definition) is 2. The molecule has 8 heteroatoms. The standard InChI is InChI=1S/C6H5F4N3O/c1-13-4(7)2(5(11)14)3(12-13)6(8,9)10/h1H3,(H2,11,14). The molecule has 1 rings (SSSR count). The van der Waals surface area contributed by atoms with Crippen LogP contribution in [0.25, 0.3) is 0 Å². The molecule has 0 aromatic carbocycles. The van der Waals surface area contributed by atoms with Crippen molar-refractivity contribution in [3.8, 4) is 0 Å². The minimum absolute atomic E-state index is 0.308. The van der Waals surface area contributed by atoms with Gasteiger partial charge in [0.2, 0.25) is 5.95 Å². The third-order valence-corrected chi connectivity index (χ3v) is 1.49. The van der Waals surface area contributed by atoms with Crippen molar-refractivity contribution in [2.24, 2.45) is 12.8 Å². The van der Waals surface area contributed by atoms with Crippen LogP contribution < -0.4 is 5.73 Å². The lowest BCUT2D eigenvalue weighted by Gasteiger charge is -2.02. The first-order valence-electron chi connectivity index (χ1n) is 3.34. The summed E-state index contributed by atoms with van der Waals surface area (Å²) in [7, 11) is 0.941. The Balaban J connectivity index is 3.45. The van der Waals surface area contributed by atoms with Crippen LogP contribution in [0.3, 0.4) is 0 Å². The number of hydrogen-bond donors (Lipinski definition) is 1. The molecule has 0 aliphatic rings. The molecule has 4 nitrogen and oxygen atoms in total. The highest BCUT2D eigenvalue weighted by Crippen LogP contribution is 2.31. The molecule has 0 aliphatic heterocycles. The van der Waals surface area contributed by atoms with Gasteiger partial charge in [0.25, 0.3) is 5.91 Å². The molecule has 1 heterocycles. The second-order valence-electron chi connectivity index (χ2n) is 2.50. The Morgan fingerprint density at radius 3 is 2.29 bits per heavy atom. The van der Waals surface area contributed by atoms with Gasteiger partial charge in [-0.15, -0.1) is 0 Å². The monoisotopic (exact) mass is 211 g/mol. The quantitative estimate of drug-likeness (QED) is 0.694. The second kappa shape index (κ2) is 2.96. The van der Waals surface area contributed by atoms with E-state index in [-0.39, 0.29) is 0 Å². The lowest BCUT2D eigenvalue weighted by Crippen LogP contribution is -2.18. The zero-order valence-corrected chi connectivity index (χ0v) is 6.89. The maximum absolute atomic E-state index is 12.9. The normalized spacial score (nSPS) is 11.8. The number of nitrogens with two attached hydrogens (primary N) is 1. The van der Waals surface area contributed by atoms with Gasteiger partial charge in [0.15, 0.2) is 5.69 Å². The number of carbonyl (C=O) groups excluding carboxylic acids is 1. The van der Waals surface area contributed by atoms with Crippen LogP contribution in [0.15, 0.2) is 0 Å². The first-order chi connectivity index (χ1) is 6.25. The van der Waals surface area contributed by atoms with E-state index in [1.807, 2.05) is 0 Å². The van der Waals surface area contributed by atoms with E-state index in [1.54, 1.807) is 0 Å². The van der Waals surface area contributed by atoms with E-state index in [0.29, 0.717) is 4.68 Å². The van der Waals surface area contributed by atoms with E-state index in [9.17, 15) is 22.4 Å². The summed E-state index contributed by atoms with van der Waals surface area (Å²) in [5.41, 5.74) is 1.75. The highest BCUT2D eigenvalue weighted by molar-refractivity contribution is 5.94. The predicted octanol–water partition coefficient (Wildman–Crippen LogP) is 0.677. The second-order valence-corrected chi connectivity index (χ2v) is 2.50. The first-order valence-corrected chi connectivity index (χ1v) is 3.34. The average molecular weight is 211 g/mol. The van der Waals surface area contributed by atoms with Crippen molar-refractivity contribution >= 4 is 5.91 Å². The number of aryl methyl sites for hydroxylation is 1. The van der Waals surface area contributed by atoms with Gasteiger partial charge in [0.05, 0.1) is 0 Å². The van der Waals surface area contributed by atoms with Gasteiger partial charge in [-0.25, -0.2) is 4.68 Å². The third-order valence-electron chi connectivity index (χ3n) is 1.49. The molecule has 0 radical (unpaired) electrons. The highest BCUT2D eigenvalue weighted by atomic mass is 19.4. The summed E-state index contributed by atoms with van der Waals surface area (Å²) in [4.78, 5) is 10.5. The summed E-state index contributed by atoms with van der Waals surface area (Å²) >= 11 is 0. The number of carbonyl (C=O) groups is 1. The van der Waals surface area contributed by atoms with Crippen molar-refractivity contribution < 1.29 is 22.4 Å². The topological polar surface area (TPSA) is 60.9 Å². The van der Waals surface area contributed by atoms with Crippen molar-refractivity contribution in [2.45, 2.75) is 6.18 Å². The molecule has 0 saturated carbocycles. The largest absolute Gasteiger partial charge is 0.436 e. The fourth-order valence-corrected chi connectivity index (χ4v) is 0.920. The van der Waals surface area contributed by atoms with Gasteiger partial charge in [0.1, 0.15) is 5.56 Å². The van der Waals surface area contributed by atoms with Crippen molar-refractivity contribution in [3.05, 3.63) is 17.2 Å². The van der Waals surface area contributed by atoms with Gasteiger partial charge in [-0.2, -0.15) is 22.7 Å². The molecule has 0 aliphatic carbocycles. The predicted molar refractivity (Wildman–Crippen MR) is 36.7 cm³/mol. The summed E-state index contributed by atoms with van der Waals surface area (Å²) in [6, 6.07) is 0. The van der Waals surface area contributed by atoms with E-state index in [1.165, 1.54) is 0 Å². The van der Waals surface area contributed by atoms with Gasteiger partial charge in [-0.3, -0.25) is 4.79 Å². The molecule has 0 atom stereocenters. The Hall–Kier alpha value is -1.60. The molecular formula is C6H5F4N3O. The van der Waals surface area contributed by atoms with Gasteiger partial charge >= 0.3 is 6.18 Å². The maximum atomic E-state index is 12.9. The minimum Gasteiger partial charge on any atom is -0.365 e. The molecule has 78 valence electrons. The summed E-state index contributed by atoms with van der Waals surface area (Å²) < 4.78 is 49.7. The summed E-state index contributed by atoms with van der Waals surface area (Å²) in [5.74, 6) is -2.90. The van der Waals surface area contributed by atoms with Crippen LogP contribution in [0.5, 0.6) is 0 Å². The fraction of sp³-hybridized carbons (Fsp3) is 0.333. The zero-order valence-electron chi connectivity index (χ0n) is 6.89. The molecule has 0 fully saturated rings. The minimum atomic E-state index is -4.90. The number of halogens is 4. The van der Waals surface area contributed by atoms with Gasteiger partial charge in [0, 0.05) is 7.05 Å². The van der Waals surface area contributed by atoms with Crippen molar-refractivity contribution in [1.29, 1.82) is 0 Å². The molecule has 1 aromatic rings. The SMILES string of the molecule is Cn1nc(C(F)(F)F)c(C(N)=O)c1F. The van der Waals surface area contributed by atoms with Crippen LogP contribution in [0.2, 0.25) is 0 Å². The molecule has 0 saturated heterocycles. The summed E-state index contributed by atoms with van der Waals surface area (Å²) in [5, 5.41) is 2.82. The number of nitrogens with zero attached hydrogens (tertiary/aromatic N) is 2. The first kappa shape index (κ1) is 10.5. The molecule has 0 unspecified atom stereocenters. The van der Waals surface area contributed by atoms with Gasteiger partial charge < -0.3 is 5.73 Å². The Morgan fingerprint density at radius 1 is 1.50 bits per heavy atom. The Labute approximate surface area is 75.3 Å². The van der Waals surface area contributed by atoms with Gasteiger partial charge in [-0.05, 0) is 0 Å². The van der Waals surface area contributed by atoms with Crippen molar-refractivity contribution in [3.63, 3.8) is 0 Å². The molecule has 1 aromatic heterocycles. The van der Waals surface area contributed by atoms with E-state index in [0.717, 1.165) is 7.05 Å². The Morgan fingerprint density at radius 2 is 2.00 bits per heavy atom. The molecule has 1 amide bonds. The molecule has 14 heavy (non-hydrogen) atoms. The average Bonchev–Trinajstić information content (AvgIpc) is 2.27. The van der Waals surface area contributed by atoms with E-state index in [2.05, 4.69) is 10.8 Å². The van der Waals surface area contributed by atoms with E-state index >= 15 is 0 Å².